The second kappa shape index (κ2) is 4.58. The maximum Gasteiger partial charge on any atom is 0.405 e. The molecule has 1 aliphatic rings. The van der Waals surface area contributed by atoms with Crippen LogP contribution in [0.1, 0.15) is 31.2 Å². The molecular formula is C12H15N4O2+. The second-order valence-corrected chi connectivity index (χ2v) is 4.49. The summed E-state index contributed by atoms with van der Waals surface area (Å²) >= 11 is 0. The van der Waals surface area contributed by atoms with E-state index in [-0.39, 0.29) is 11.5 Å². The predicted octanol–water partition coefficient (Wildman–Crippen LogP) is 2.77. The molecule has 18 heavy (non-hydrogen) atoms. The van der Waals surface area contributed by atoms with Crippen molar-refractivity contribution in [3.05, 3.63) is 29.8 Å². The number of hydrogen-bond donors (Lipinski definition) is 3. The molecule has 1 aromatic carbocycles. The predicted molar refractivity (Wildman–Crippen MR) is 64.9 cm³/mol. The molecule has 1 amide bonds. The Hall–Kier alpha value is -2.20. The molecule has 0 aliphatic heterocycles. The molecule has 1 aromatic rings. The van der Waals surface area contributed by atoms with Gasteiger partial charge in [-0.05, 0) is 30.5 Å². The summed E-state index contributed by atoms with van der Waals surface area (Å²) in [5.74, 6) is 0.180. The molecule has 0 radical (unpaired) electrons. The minimum Gasteiger partial charge on any atom is -0.465 e. The molecule has 94 valence electrons. The molecule has 3 N–H and O–H groups in total. The highest BCUT2D eigenvalue weighted by Crippen LogP contribution is 2.53. The van der Waals surface area contributed by atoms with Gasteiger partial charge in [-0.1, -0.05) is 19.1 Å². The first-order chi connectivity index (χ1) is 8.61. The van der Waals surface area contributed by atoms with E-state index in [2.05, 4.69) is 15.3 Å². The van der Waals surface area contributed by atoms with Crippen LogP contribution in [0.2, 0.25) is 0 Å². The zero-order valence-electron chi connectivity index (χ0n) is 10.1. The topological polar surface area (TPSA) is 99.6 Å². The number of nitrogens with one attached hydrogen (secondary N) is 2. The lowest BCUT2D eigenvalue weighted by Gasteiger charge is -2.15. The van der Waals surface area contributed by atoms with Crippen LogP contribution in [0.5, 0.6) is 0 Å². The zero-order valence-corrected chi connectivity index (χ0v) is 10.1. The Kier molecular flexibility index (Phi) is 3.12. The maximum atomic E-state index is 10.8. The molecule has 0 spiro atoms. The van der Waals surface area contributed by atoms with Crippen LogP contribution in [0.4, 0.5) is 10.5 Å². The largest absolute Gasteiger partial charge is 0.465 e. The summed E-state index contributed by atoms with van der Waals surface area (Å²) < 4.78 is 0. The molecule has 1 aliphatic carbocycles. The Morgan fingerprint density at radius 1 is 1.72 bits per heavy atom. The van der Waals surface area contributed by atoms with Gasteiger partial charge in [-0.15, -0.1) is 0 Å². The van der Waals surface area contributed by atoms with Gasteiger partial charge >= 0.3 is 6.09 Å². The minimum atomic E-state index is -0.985. The van der Waals surface area contributed by atoms with Crippen LogP contribution in [-0.4, -0.2) is 16.7 Å². The summed E-state index contributed by atoms with van der Waals surface area (Å²) in [5, 5.41) is 15.1. The van der Waals surface area contributed by atoms with Crippen molar-refractivity contribution >= 4 is 11.8 Å². The highest BCUT2D eigenvalue weighted by Gasteiger charge is 2.54. The Bertz CT molecular complexity index is 525. The molecule has 2 rings (SSSR count). The number of carbonyl (C=O) groups is 1. The van der Waals surface area contributed by atoms with Crippen molar-refractivity contribution < 1.29 is 9.90 Å². The van der Waals surface area contributed by atoms with E-state index in [1.165, 1.54) is 0 Å². The fourth-order valence-electron chi connectivity index (χ4n) is 2.43. The fourth-order valence-corrected chi connectivity index (χ4v) is 2.43. The average Bonchev–Trinajstić information content (AvgIpc) is 3.04. The van der Waals surface area contributed by atoms with E-state index in [9.17, 15) is 4.79 Å². The molecule has 6 heteroatoms. The van der Waals surface area contributed by atoms with Crippen LogP contribution >= 0.6 is 0 Å². The molecule has 1 fully saturated rings. The molecule has 2 atom stereocenters. The first kappa shape index (κ1) is 12.3. The van der Waals surface area contributed by atoms with Crippen molar-refractivity contribution in [2.24, 2.45) is 5.11 Å². The van der Waals surface area contributed by atoms with Gasteiger partial charge in [-0.25, -0.2) is 4.79 Å². The molecule has 1 saturated carbocycles. The number of amides is 1. The van der Waals surface area contributed by atoms with Crippen molar-refractivity contribution in [3.8, 4) is 0 Å². The number of rotatable bonds is 4. The van der Waals surface area contributed by atoms with E-state index >= 15 is 0 Å². The van der Waals surface area contributed by atoms with Gasteiger partial charge in [0.2, 0.25) is 4.91 Å². The van der Waals surface area contributed by atoms with E-state index in [0.717, 1.165) is 18.4 Å². The Labute approximate surface area is 104 Å². The summed E-state index contributed by atoms with van der Waals surface area (Å²) in [6, 6.07) is 7.42. The van der Waals surface area contributed by atoms with Crippen molar-refractivity contribution in [1.29, 1.82) is 5.53 Å². The lowest BCUT2D eigenvalue weighted by molar-refractivity contribution is 0.187. The van der Waals surface area contributed by atoms with Gasteiger partial charge in [0.05, 0.1) is 5.54 Å². The first-order valence-electron chi connectivity index (χ1n) is 5.80. The minimum absolute atomic E-state index is 0.180. The zero-order chi connectivity index (χ0) is 13.2. The molecule has 6 nitrogen and oxygen atoms in total. The average molecular weight is 247 g/mol. The molecule has 2 unspecified atom stereocenters. The standard InChI is InChI=1S/C12H14N4O2/c1-2-12(14-11(17)18)7-10(12)8-4-3-5-9(6-8)15-16-13/h3-6,10,13-14H,2,7H2,1H3/p+1. The monoisotopic (exact) mass is 247 g/mol. The molecule has 0 saturated heterocycles. The van der Waals surface area contributed by atoms with Gasteiger partial charge in [-0.3, -0.25) is 0 Å². The summed E-state index contributed by atoms with van der Waals surface area (Å²) in [5.41, 5.74) is 8.02. The van der Waals surface area contributed by atoms with E-state index in [1.54, 1.807) is 6.07 Å². The van der Waals surface area contributed by atoms with Crippen LogP contribution in [0.3, 0.4) is 0 Å². The molecule has 0 heterocycles. The van der Waals surface area contributed by atoms with Crippen molar-refractivity contribution in [2.45, 2.75) is 31.2 Å². The van der Waals surface area contributed by atoms with Crippen LogP contribution in [-0.2, 0) is 0 Å². The molecule has 0 bridgehead atoms. The van der Waals surface area contributed by atoms with Gasteiger partial charge in [0, 0.05) is 5.92 Å². The Morgan fingerprint density at radius 2 is 2.50 bits per heavy atom. The normalized spacial score (nSPS) is 25.1. The summed E-state index contributed by atoms with van der Waals surface area (Å²) in [4.78, 5) is 13.8. The third-order valence-electron chi connectivity index (χ3n) is 3.50. The third-order valence-corrected chi connectivity index (χ3v) is 3.50. The fraction of sp³-hybridized carbons (Fsp3) is 0.417. The van der Waals surface area contributed by atoms with E-state index in [4.69, 9.17) is 10.6 Å². The SMILES string of the molecule is CCC1(NC(=O)O)CC1c1cccc(N=[N+]=N)c1. The van der Waals surface area contributed by atoms with Gasteiger partial charge in [0.25, 0.3) is 0 Å². The second-order valence-electron chi connectivity index (χ2n) is 4.49. The summed E-state index contributed by atoms with van der Waals surface area (Å²) in [7, 11) is 0. The lowest BCUT2D eigenvalue weighted by atomic mass is 10.0. The van der Waals surface area contributed by atoms with Gasteiger partial charge in [-0.2, -0.15) is 0 Å². The molecule has 0 aromatic heterocycles. The van der Waals surface area contributed by atoms with Crippen LogP contribution in [0.25, 0.3) is 0 Å². The van der Waals surface area contributed by atoms with Gasteiger partial charge in [0.1, 0.15) is 5.53 Å². The highest BCUT2D eigenvalue weighted by atomic mass is 16.4. The van der Waals surface area contributed by atoms with E-state index in [0.29, 0.717) is 5.69 Å². The number of nitrogens with zero attached hydrogens (tertiary/aromatic N) is 2. The quantitative estimate of drug-likeness (QED) is 0.563. The van der Waals surface area contributed by atoms with Crippen LogP contribution < -0.4 is 10.2 Å². The third kappa shape index (κ3) is 2.24. The lowest BCUT2D eigenvalue weighted by Crippen LogP contribution is -2.36. The van der Waals surface area contributed by atoms with Crippen molar-refractivity contribution in [1.82, 2.24) is 10.2 Å². The van der Waals surface area contributed by atoms with Crippen molar-refractivity contribution in [2.75, 3.05) is 0 Å². The number of benzene rings is 1. The van der Waals surface area contributed by atoms with E-state index < -0.39 is 6.09 Å². The number of hydrogen-bond acceptors (Lipinski definition) is 3. The van der Waals surface area contributed by atoms with Crippen LogP contribution in [0.15, 0.2) is 29.4 Å². The van der Waals surface area contributed by atoms with Crippen molar-refractivity contribution in [3.63, 3.8) is 0 Å². The Balaban J connectivity index is 2.21. The smallest absolute Gasteiger partial charge is 0.405 e. The number of carboxylic acid groups (broad SMARTS) is 1. The summed E-state index contributed by atoms with van der Waals surface area (Å²) in [6.07, 6.45) is 0.576. The summed E-state index contributed by atoms with van der Waals surface area (Å²) in [6.45, 7) is 1.98. The first-order valence-corrected chi connectivity index (χ1v) is 5.80. The van der Waals surface area contributed by atoms with Crippen LogP contribution in [0, 0.1) is 5.53 Å². The van der Waals surface area contributed by atoms with E-state index in [1.807, 2.05) is 25.1 Å². The maximum absolute atomic E-state index is 10.8. The molecular weight excluding hydrogens is 232 g/mol. The van der Waals surface area contributed by atoms with Gasteiger partial charge in [0.15, 0.2) is 10.8 Å². The Morgan fingerprint density at radius 3 is 3.11 bits per heavy atom. The van der Waals surface area contributed by atoms with Gasteiger partial charge < -0.3 is 10.4 Å². The highest BCUT2D eigenvalue weighted by molar-refractivity contribution is 5.67.